The molecular formula is C14H20ClN3O2. The summed E-state index contributed by atoms with van der Waals surface area (Å²) in [6.45, 7) is 0.787. The first-order valence-corrected chi connectivity index (χ1v) is 7.01. The fraction of sp³-hybridized carbons (Fsp3) is 0.571. The van der Waals surface area contributed by atoms with Crippen molar-refractivity contribution in [3.8, 4) is 0 Å². The van der Waals surface area contributed by atoms with Crippen molar-refractivity contribution in [2.24, 2.45) is 0 Å². The summed E-state index contributed by atoms with van der Waals surface area (Å²) in [5.74, 6) is -0.502. The second-order valence-corrected chi connectivity index (χ2v) is 6.01. The highest BCUT2D eigenvalue weighted by Gasteiger charge is 2.40. The summed E-state index contributed by atoms with van der Waals surface area (Å²) in [5.41, 5.74) is 0.231. The Bertz CT molecular complexity index is 515. The molecule has 2 rings (SSSR count). The average molecular weight is 298 g/mol. The maximum absolute atomic E-state index is 11.1. The lowest BCUT2D eigenvalue weighted by molar-refractivity contribution is 0.0681. The second-order valence-electron chi connectivity index (χ2n) is 5.63. The van der Waals surface area contributed by atoms with Gasteiger partial charge in [-0.15, -0.1) is 0 Å². The van der Waals surface area contributed by atoms with E-state index < -0.39 is 5.97 Å². The largest absolute Gasteiger partial charge is 0.478 e. The normalized spacial score (nSPS) is 16.9. The summed E-state index contributed by atoms with van der Waals surface area (Å²) in [5, 5.41) is 9.32. The Morgan fingerprint density at radius 1 is 1.45 bits per heavy atom. The molecule has 0 saturated heterocycles. The van der Waals surface area contributed by atoms with Crippen molar-refractivity contribution in [1.29, 1.82) is 0 Å². The number of likely N-dealkylation sites (N-methyl/N-ethyl adjacent to an activating group) is 2. The SMILES string of the molecule is CN(CC1(N(C)C)CCC1)c1nccc(C(=O)O)c1Cl. The molecular weight excluding hydrogens is 278 g/mol. The van der Waals surface area contributed by atoms with Gasteiger partial charge in [0.1, 0.15) is 5.82 Å². The van der Waals surface area contributed by atoms with Crippen LogP contribution in [0.25, 0.3) is 0 Å². The molecule has 1 heterocycles. The van der Waals surface area contributed by atoms with Gasteiger partial charge in [0.05, 0.1) is 10.6 Å². The fourth-order valence-electron chi connectivity index (χ4n) is 2.71. The lowest BCUT2D eigenvalue weighted by atomic mass is 9.75. The molecule has 0 radical (unpaired) electrons. The van der Waals surface area contributed by atoms with Crippen molar-refractivity contribution in [3.63, 3.8) is 0 Å². The van der Waals surface area contributed by atoms with Crippen molar-refractivity contribution in [1.82, 2.24) is 9.88 Å². The van der Waals surface area contributed by atoms with E-state index in [0.29, 0.717) is 5.82 Å². The third-order valence-electron chi connectivity index (χ3n) is 4.23. The molecule has 1 saturated carbocycles. The van der Waals surface area contributed by atoms with Crippen LogP contribution in [0, 0.1) is 0 Å². The van der Waals surface area contributed by atoms with Crippen molar-refractivity contribution >= 4 is 23.4 Å². The van der Waals surface area contributed by atoms with E-state index in [1.54, 1.807) is 0 Å². The number of carboxylic acid groups (broad SMARTS) is 1. The van der Waals surface area contributed by atoms with Gasteiger partial charge >= 0.3 is 5.97 Å². The first-order chi connectivity index (χ1) is 9.37. The number of hydrogen-bond acceptors (Lipinski definition) is 4. The highest BCUT2D eigenvalue weighted by Crippen LogP contribution is 2.38. The van der Waals surface area contributed by atoms with E-state index in [2.05, 4.69) is 24.0 Å². The Labute approximate surface area is 124 Å². The van der Waals surface area contributed by atoms with Crippen molar-refractivity contribution in [2.75, 3.05) is 32.6 Å². The van der Waals surface area contributed by atoms with Crippen LogP contribution in [0.4, 0.5) is 5.82 Å². The number of carboxylic acids is 1. The van der Waals surface area contributed by atoms with E-state index in [-0.39, 0.29) is 16.1 Å². The molecule has 5 nitrogen and oxygen atoms in total. The molecule has 0 bridgehead atoms. The number of pyridine rings is 1. The standard InChI is InChI=1S/C14H20ClN3O2/c1-17(2)14(6-4-7-14)9-18(3)12-11(15)10(13(19)20)5-8-16-12/h5,8H,4,6-7,9H2,1-3H3,(H,19,20). The molecule has 110 valence electrons. The first-order valence-electron chi connectivity index (χ1n) is 6.64. The van der Waals surface area contributed by atoms with Gasteiger partial charge in [0.25, 0.3) is 0 Å². The van der Waals surface area contributed by atoms with Gasteiger partial charge in [-0.1, -0.05) is 11.6 Å². The van der Waals surface area contributed by atoms with Crippen LogP contribution in [0.5, 0.6) is 0 Å². The Morgan fingerprint density at radius 2 is 2.10 bits per heavy atom. The maximum Gasteiger partial charge on any atom is 0.337 e. The Balaban J connectivity index is 2.23. The van der Waals surface area contributed by atoms with Gasteiger partial charge in [0, 0.05) is 25.3 Å². The highest BCUT2D eigenvalue weighted by molar-refractivity contribution is 6.35. The number of halogens is 1. The minimum absolute atomic E-state index is 0.0935. The molecule has 6 heteroatoms. The van der Waals surface area contributed by atoms with Gasteiger partial charge in [0.2, 0.25) is 0 Å². The first kappa shape index (κ1) is 15.1. The molecule has 1 fully saturated rings. The van der Waals surface area contributed by atoms with E-state index >= 15 is 0 Å². The summed E-state index contributed by atoms with van der Waals surface area (Å²) in [6, 6.07) is 1.42. The summed E-state index contributed by atoms with van der Waals surface area (Å²) >= 11 is 6.17. The van der Waals surface area contributed by atoms with Crippen LogP contribution in [-0.2, 0) is 0 Å². The number of hydrogen-bond donors (Lipinski definition) is 1. The van der Waals surface area contributed by atoms with Gasteiger partial charge in [-0.2, -0.15) is 0 Å². The Kier molecular flexibility index (Phi) is 4.20. The quantitative estimate of drug-likeness (QED) is 0.904. The molecule has 1 aromatic heterocycles. The van der Waals surface area contributed by atoms with Crippen LogP contribution < -0.4 is 4.90 Å². The third-order valence-corrected chi connectivity index (χ3v) is 4.60. The number of aromatic carboxylic acids is 1. The van der Waals surface area contributed by atoms with Crippen LogP contribution in [-0.4, -0.2) is 54.2 Å². The van der Waals surface area contributed by atoms with Gasteiger partial charge < -0.3 is 14.9 Å². The summed E-state index contributed by atoms with van der Waals surface area (Å²) in [6.07, 6.45) is 4.99. The Morgan fingerprint density at radius 3 is 2.55 bits per heavy atom. The van der Waals surface area contributed by atoms with E-state index in [1.165, 1.54) is 18.7 Å². The number of nitrogens with zero attached hydrogens (tertiary/aromatic N) is 3. The van der Waals surface area contributed by atoms with Gasteiger partial charge in [-0.25, -0.2) is 9.78 Å². The molecule has 1 N–H and O–H groups in total. The third kappa shape index (κ3) is 2.60. The van der Waals surface area contributed by atoms with Gasteiger partial charge in [-0.05, 0) is 39.4 Å². The van der Waals surface area contributed by atoms with Crippen LogP contribution in [0.3, 0.4) is 0 Å². The van der Waals surface area contributed by atoms with E-state index in [4.69, 9.17) is 16.7 Å². The lowest BCUT2D eigenvalue weighted by Crippen LogP contribution is -2.56. The molecule has 1 aromatic rings. The minimum atomic E-state index is -1.03. The molecule has 0 aromatic carbocycles. The Hall–Kier alpha value is -1.33. The number of anilines is 1. The molecule has 0 atom stereocenters. The minimum Gasteiger partial charge on any atom is -0.478 e. The van der Waals surface area contributed by atoms with Crippen LogP contribution in [0.2, 0.25) is 5.02 Å². The van der Waals surface area contributed by atoms with E-state index in [1.807, 2.05) is 11.9 Å². The smallest absolute Gasteiger partial charge is 0.337 e. The fourth-order valence-corrected chi connectivity index (χ4v) is 3.05. The van der Waals surface area contributed by atoms with Crippen LogP contribution >= 0.6 is 11.6 Å². The molecule has 0 spiro atoms. The number of aromatic nitrogens is 1. The highest BCUT2D eigenvalue weighted by atomic mass is 35.5. The zero-order chi connectivity index (χ0) is 14.9. The van der Waals surface area contributed by atoms with Crippen molar-refractivity contribution < 1.29 is 9.90 Å². The maximum atomic E-state index is 11.1. The predicted octanol–water partition coefficient (Wildman–Crippen LogP) is 2.35. The van der Waals surface area contributed by atoms with Crippen LogP contribution in [0.1, 0.15) is 29.6 Å². The summed E-state index contributed by atoms with van der Waals surface area (Å²) < 4.78 is 0. The average Bonchev–Trinajstić information content (AvgIpc) is 2.32. The molecule has 20 heavy (non-hydrogen) atoms. The molecule has 1 aliphatic rings. The van der Waals surface area contributed by atoms with E-state index in [0.717, 1.165) is 19.4 Å². The molecule has 0 unspecified atom stereocenters. The zero-order valence-corrected chi connectivity index (χ0v) is 12.8. The second kappa shape index (κ2) is 5.58. The number of carbonyl (C=O) groups is 1. The lowest BCUT2D eigenvalue weighted by Gasteiger charge is -2.49. The van der Waals surface area contributed by atoms with Crippen molar-refractivity contribution in [2.45, 2.75) is 24.8 Å². The predicted molar refractivity (Wildman–Crippen MR) is 79.7 cm³/mol. The molecule has 0 amide bonds. The summed E-state index contributed by atoms with van der Waals surface area (Å²) in [7, 11) is 6.06. The van der Waals surface area contributed by atoms with Gasteiger partial charge in [0.15, 0.2) is 0 Å². The molecule has 0 aliphatic heterocycles. The topological polar surface area (TPSA) is 56.7 Å². The van der Waals surface area contributed by atoms with Crippen LogP contribution in [0.15, 0.2) is 12.3 Å². The summed E-state index contributed by atoms with van der Waals surface area (Å²) in [4.78, 5) is 19.5. The van der Waals surface area contributed by atoms with E-state index in [9.17, 15) is 4.79 Å². The van der Waals surface area contributed by atoms with Gasteiger partial charge in [-0.3, -0.25) is 0 Å². The number of rotatable bonds is 5. The molecule has 1 aliphatic carbocycles. The van der Waals surface area contributed by atoms with Crippen molar-refractivity contribution in [3.05, 3.63) is 22.8 Å². The monoisotopic (exact) mass is 297 g/mol. The zero-order valence-electron chi connectivity index (χ0n) is 12.1.